The van der Waals surface area contributed by atoms with E-state index >= 15 is 0 Å². The lowest BCUT2D eigenvalue weighted by atomic mass is 9.92. The SMILES string of the molecule is CC(=O)N[C@H](C(=O)N[C@@H](Cc1ccccc1)[C@@H](O)C[C@H](Cc1ccccc1)NC(=O)C1CCOCC1)C(C)C. The van der Waals surface area contributed by atoms with E-state index in [1.807, 2.05) is 74.5 Å². The zero-order valence-electron chi connectivity index (χ0n) is 23.3. The molecular weight excluding hydrogens is 494 g/mol. The van der Waals surface area contributed by atoms with Crippen LogP contribution in [0.2, 0.25) is 0 Å². The first-order valence-corrected chi connectivity index (χ1v) is 13.9. The van der Waals surface area contributed by atoms with E-state index in [1.54, 1.807) is 0 Å². The van der Waals surface area contributed by atoms with E-state index in [4.69, 9.17) is 4.74 Å². The molecule has 8 heteroatoms. The first-order valence-electron chi connectivity index (χ1n) is 13.9. The van der Waals surface area contributed by atoms with Gasteiger partial charge in [-0.05, 0) is 49.1 Å². The molecule has 1 aliphatic rings. The van der Waals surface area contributed by atoms with Crippen molar-refractivity contribution < 1.29 is 24.2 Å². The molecule has 0 saturated carbocycles. The van der Waals surface area contributed by atoms with Gasteiger partial charge in [0.25, 0.3) is 0 Å². The molecule has 1 aliphatic heterocycles. The number of ether oxygens (including phenoxy) is 1. The fourth-order valence-corrected chi connectivity index (χ4v) is 5.00. The highest BCUT2D eigenvalue weighted by Gasteiger charge is 2.31. The molecule has 4 atom stereocenters. The second-order valence-electron chi connectivity index (χ2n) is 10.8. The zero-order valence-corrected chi connectivity index (χ0v) is 23.3. The maximum atomic E-state index is 13.3. The lowest BCUT2D eigenvalue weighted by molar-refractivity contribution is -0.130. The van der Waals surface area contributed by atoms with Crippen molar-refractivity contribution in [3.05, 3.63) is 71.8 Å². The van der Waals surface area contributed by atoms with Crippen molar-refractivity contribution in [3.8, 4) is 0 Å². The van der Waals surface area contributed by atoms with Crippen LogP contribution < -0.4 is 16.0 Å². The van der Waals surface area contributed by atoms with Gasteiger partial charge < -0.3 is 25.8 Å². The maximum absolute atomic E-state index is 13.3. The standard InChI is InChI=1S/C31H43N3O5/c1-21(2)29(32-22(3)35)31(38)34-27(19-24-12-8-5-9-13-24)28(36)20-26(18-23-10-6-4-7-11-23)33-30(37)25-14-16-39-17-15-25/h4-13,21,25-29,36H,14-20H2,1-3H3,(H,32,35)(H,33,37)(H,34,38)/t26-,27-,28-,29-/m0/s1. The number of rotatable bonds is 13. The van der Waals surface area contributed by atoms with Gasteiger partial charge >= 0.3 is 0 Å². The molecule has 0 aromatic heterocycles. The molecule has 2 aromatic rings. The number of hydrogen-bond donors (Lipinski definition) is 4. The number of carbonyl (C=O) groups excluding carboxylic acids is 3. The fraction of sp³-hybridized carbons (Fsp3) is 0.516. The number of aliphatic hydroxyl groups excluding tert-OH is 1. The minimum atomic E-state index is -0.942. The number of aliphatic hydroxyl groups is 1. The number of hydrogen-bond acceptors (Lipinski definition) is 5. The normalized spacial score (nSPS) is 17.1. The fourth-order valence-electron chi connectivity index (χ4n) is 5.00. The van der Waals surface area contributed by atoms with Gasteiger partial charge in [-0.25, -0.2) is 0 Å². The molecule has 0 radical (unpaired) electrons. The van der Waals surface area contributed by atoms with Gasteiger partial charge in [0.15, 0.2) is 0 Å². The topological polar surface area (TPSA) is 117 Å². The Bertz CT molecular complexity index is 1040. The van der Waals surface area contributed by atoms with E-state index < -0.39 is 18.2 Å². The first kappa shape index (κ1) is 30.3. The van der Waals surface area contributed by atoms with E-state index in [0.29, 0.717) is 38.9 Å². The van der Waals surface area contributed by atoms with E-state index in [9.17, 15) is 19.5 Å². The van der Waals surface area contributed by atoms with E-state index in [2.05, 4.69) is 16.0 Å². The van der Waals surface area contributed by atoms with Crippen LogP contribution in [0, 0.1) is 11.8 Å². The molecule has 1 saturated heterocycles. The van der Waals surface area contributed by atoms with Crippen molar-refractivity contribution in [1.82, 2.24) is 16.0 Å². The van der Waals surface area contributed by atoms with Gasteiger partial charge in [0, 0.05) is 32.1 Å². The van der Waals surface area contributed by atoms with Crippen LogP contribution in [0.1, 0.15) is 51.2 Å². The van der Waals surface area contributed by atoms with E-state index in [-0.39, 0.29) is 42.0 Å². The predicted octanol–water partition coefficient (Wildman–Crippen LogP) is 2.78. The van der Waals surface area contributed by atoms with Crippen molar-refractivity contribution in [2.24, 2.45) is 11.8 Å². The van der Waals surface area contributed by atoms with Crippen LogP contribution in [-0.2, 0) is 32.0 Å². The van der Waals surface area contributed by atoms with Crippen molar-refractivity contribution in [3.63, 3.8) is 0 Å². The van der Waals surface area contributed by atoms with Gasteiger partial charge in [0.05, 0.1) is 12.1 Å². The maximum Gasteiger partial charge on any atom is 0.243 e. The smallest absolute Gasteiger partial charge is 0.243 e. The number of amides is 3. The van der Waals surface area contributed by atoms with Gasteiger partial charge in [0.2, 0.25) is 17.7 Å². The summed E-state index contributed by atoms with van der Waals surface area (Å²) in [5, 5.41) is 20.4. The minimum absolute atomic E-state index is 0.0272. The molecule has 0 aliphatic carbocycles. The molecule has 0 unspecified atom stereocenters. The van der Waals surface area contributed by atoms with Gasteiger partial charge in [-0.15, -0.1) is 0 Å². The Morgan fingerprint density at radius 2 is 1.44 bits per heavy atom. The third kappa shape index (κ3) is 10.1. The van der Waals surface area contributed by atoms with Crippen molar-refractivity contribution in [2.45, 2.75) is 77.1 Å². The first-order chi connectivity index (χ1) is 18.7. The monoisotopic (exact) mass is 537 g/mol. The molecule has 3 amide bonds. The van der Waals surface area contributed by atoms with Crippen LogP contribution in [0.3, 0.4) is 0 Å². The van der Waals surface area contributed by atoms with Crippen molar-refractivity contribution >= 4 is 17.7 Å². The summed E-state index contributed by atoms with van der Waals surface area (Å²) in [4.78, 5) is 38.1. The average Bonchev–Trinajstić information content (AvgIpc) is 2.92. The lowest BCUT2D eigenvalue weighted by Gasteiger charge is -2.31. The Kier molecular flexibility index (Phi) is 12.0. The minimum Gasteiger partial charge on any atom is -0.391 e. The predicted molar refractivity (Wildman–Crippen MR) is 151 cm³/mol. The Hall–Kier alpha value is -3.23. The third-order valence-electron chi connectivity index (χ3n) is 7.19. The van der Waals surface area contributed by atoms with E-state index in [0.717, 1.165) is 11.1 Å². The Labute approximate surface area is 231 Å². The highest BCUT2D eigenvalue weighted by atomic mass is 16.5. The lowest BCUT2D eigenvalue weighted by Crippen LogP contribution is -2.55. The highest BCUT2D eigenvalue weighted by Crippen LogP contribution is 2.18. The van der Waals surface area contributed by atoms with Gasteiger partial charge in [0.1, 0.15) is 6.04 Å². The molecule has 8 nitrogen and oxygen atoms in total. The van der Waals surface area contributed by atoms with Crippen molar-refractivity contribution in [1.29, 1.82) is 0 Å². The average molecular weight is 538 g/mol. The second-order valence-corrected chi connectivity index (χ2v) is 10.8. The summed E-state index contributed by atoms with van der Waals surface area (Å²) < 4.78 is 5.41. The summed E-state index contributed by atoms with van der Waals surface area (Å²) >= 11 is 0. The largest absolute Gasteiger partial charge is 0.391 e. The number of benzene rings is 2. The molecule has 39 heavy (non-hydrogen) atoms. The number of carbonyl (C=O) groups is 3. The molecule has 0 bridgehead atoms. The Balaban J connectivity index is 1.79. The van der Waals surface area contributed by atoms with Crippen LogP contribution in [-0.4, -0.2) is 60.3 Å². The number of nitrogens with one attached hydrogen (secondary N) is 3. The Morgan fingerprint density at radius 1 is 0.872 bits per heavy atom. The van der Waals surface area contributed by atoms with Crippen LogP contribution in [0.15, 0.2) is 60.7 Å². The summed E-state index contributed by atoms with van der Waals surface area (Å²) in [5.41, 5.74) is 2.02. The highest BCUT2D eigenvalue weighted by molar-refractivity contribution is 5.87. The molecule has 3 rings (SSSR count). The molecule has 1 heterocycles. The van der Waals surface area contributed by atoms with Crippen molar-refractivity contribution in [2.75, 3.05) is 13.2 Å². The Morgan fingerprint density at radius 3 is 1.97 bits per heavy atom. The van der Waals surface area contributed by atoms with E-state index in [1.165, 1.54) is 6.92 Å². The summed E-state index contributed by atoms with van der Waals surface area (Å²) in [7, 11) is 0. The van der Waals surface area contributed by atoms with Crippen LogP contribution in [0.4, 0.5) is 0 Å². The third-order valence-corrected chi connectivity index (χ3v) is 7.19. The van der Waals surface area contributed by atoms with Gasteiger partial charge in [-0.1, -0.05) is 74.5 Å². The summed E-state index contributed by atoms with van der Waals surface area (Å²) in [5.74, 6) is -0.902. The molecule has 2 aromatic carbocycles. The van der Waals surface area contributed by atoms with Crippen LogP contribution >= 0.6 is 0 Å². The second kappa shape index (κ2) is 15.4. The van der Waals surface area contributed by atoms with Crippen LogP contribution in [0.25, 0.3) is 0 Å². The van der Waals surface area contributed by atoms with Gasteiger partial charge in [-0.2, -0.15) is 0 Å². The summed E-state index contributed by atoms with van der Waals surface area (Å²) in [6, 6.07) is 17.8. The molecule has 1 fully saturated rings. The molecule has 212 valence electrons. The molecule has 0 spiro atoms. The zero-order chi connectivity index (χ0) is 28.2. The van der Waals surface area contributed by atoms with Gasteiger partial charge in [-0.3, -0.25) is 14.4 Å². The van der Waals surface area contributed by atoms with Crippen LogP contribution in [0.5, 0.6) is 0 Å². The summed E-state index contributed by atoms with van der Waals surface area (Å²) in [6.07, 6.45) is 1.64. The quantitative estimate of drug-likeness (QED) is 0.314. The summed E-state index contributed by atoms with van der Waals surface area (Å²) in [6.45, 7) is 6.25. The molecular formula is C31H43N3O5. The molecule has 4 N–H and O–H groups in total.